The number of carbonyl (C=O) groups excluding carboxylic acids is 1. The molecule has 0 aliphatic heterocycles. The van der Waals surface area contributed by atoms with Crippen LogP contribution in [0.3, 0.4) is 0 Å². The lowest BCUT2D eigenvalue weighted by Crippen LogP contribution is -2.23. The van der Waals surface area contributed by atoms with Gasteiger partial charge in [0.2, 0.25) is 0 Å². The van der Waals surface area contributed by atoms with E-state index in [4.69, 9.17) is 0 Å². The Morgan fingerprint density at radius 1 is 0.962 bits per heavy atom. The molecule has 1 aromatic heterocycles. The number of hydrogen-bond acceptors (Lipinski definition) is 2. The van der Waals surface area contributed by atoms with Gasteiger partial charge in [-0.05, 0) is 31.2 Å². The van der Waals surface area contributed by atoms with Gasteiger partial charge >= 0.3 is 0 Å². The zero-order chi connectivity index (χ0) is 19.2. The van der Waals surface area contributed by atoms with Crippen molar-refractivity contribution in [3.63, 3.8) is 0 Å². The summed E-state index contributed by atoms with van der Waals surface area (Å²) in [5.74, 6) is -8.46. The zero-order valence-corrected chi connectivity index (χ0v) is 13.0. The summed E-state index contributed by atoms with van der Waals surface area (Å²) in [7, 11) is 0. The molecule has 0 aliphatic carbocycles. The van der Waals surface area contributed by atoms with E-state index >= 15 is 0 Å². The predicted molar refractivity (Wildman–Crippen MR) is 80.8 cm³/mol. The molecule has 0 saturated heterocycles. The Morgan fingerprint density at radius 3 is 2.04 bits per heavy atom. The van der Waals surface area contributed by atoms with Crippen LogP contribution in [0.25, 0.3) is 5.69 Å². The first-order valence-corrected chi connectivity index (χ1v) is 7.17. The molecule has 1 N–H and O–H groups in total. The van der Waals surface area contributed by atoms with E-state index in [1.165, 1.54) is 6.92 Å². The average Bonchev–Trinajstić information content (AvgIpc) is 2.88. The number of benzene rings is 2. The maximum atomic E-state index is 13.9. The van der Waals surface area contributed by atoms with E-state index < -0.39 is 51.7 Å². The molecule has 0 aliphatic rings. The number of nitrogens with one attached hydrogen (secondary N) is 1. The first-order chi connectivity index (χ1) is 12.2. The van der Waals surface area contributed by atoms with Gasteiger partial charge < -0.3 is 0 Å². The predicted octanol–water partition coefficient (Wildman–Crippen LogP) is 3.40. The van der Waals surface area contributed by atoms with Gasteiger partial charge in [-0.3, -0.25) is 14.7 Å². The SMILES string of the molecule is Cc1[nH]n(-c2c(F)c(F)cc(F)c2F)c(=O)c1C(=O)c1ccc(F)cc1. The van der Waals surface area contributed by atoms with E-state index in [0.717, 1.165) is 24.3 Å². The molecular weight excluding hydrogens is 359 g/mol. The van der Waals surface area contributed by atoms with Crippen molar-refractivity contribution in [3.05, 3.63) is 86.6 Å². The Labute approximate surface area is 142 Å². The van der Waals surface area contributed by atoms with Gasteiger partial charge in [-0.25, -0.2) is 26.6 Å². The molecule has 0 saturated carbocycles. The number of hydrogen-bond donors (Lipinski definition) is 1. The number of halogens is 5. The van der Waals surface area contributed by atoms with Crippen molar-refractivity contribution in [3.8, 4) is 5.69 Å². The molecule has 0 radical (unpaired) electrons. The smallest absolute Gasteiger partial charge is 0.282 e. The third kappa shape index (κ3) is 2.71. The molecule has 9 heteroatoms. The fourth-order valence-electron chi connectivity index (χ4n) is 2.47. The van der Waals surface area contributed by atoms with Crippen LogP contribution >= 0.6 is 0 Å². The molecule has 0 bridgehead atoms. The number of aryl methyl sites for hydroxylation is 1. The van der Waals surface area contributed by atoms with Gasteiger partial charge in [-0.2, -0.15) is 0 Å². The number of nitrogens with zero attached hydrogens (tertiary/aromatic N) is 1. The second kappa shape index (κ2) is 6.25. The van der Waals surface area contributed by atoms with E-state index in [-0.39, 0.29) is 22.0 Å². The maximum absolute atomic E-state index is 13.9. The van der Waals surface area contributed by atoms with E-state index in [1.807, 2.05) is 0 Å². The van der Waals surface area contributed by atoms with Gasteiger partial charge in [0, 0.05) is 17.3 Å². The minimum absolute atomic E-state index is 0.000417. The van der Waals surface area contributed by atoms with E-state index in [2.05, 4.69) is 5.10 Å². The largest absolute Gasteiger partial charge is 0.294 e. The highest BCUT2D eigenvalue weighted by atomic mass is 19.2. The molecule has 1 heterocycles. The standard InChI is InChI=1S/C17H9F5N2O2/c1-7-12(16(25)8-2-4-9(18)5-3-8)17(26)24(23-7)15-13(21)10(19)6-11(20)14(15)22/h2-6,23H,1H3. The summed E-state index contributed by atoms with van der Waals surface area (Å²) in [6.07, 6.45) is 0. The molecule has 134 valence electrons. The molecule has 3 aromatic rings. The van der Waals surface area contributed by atoms with Crippen molar-refractivity contribution in [2.75, 3.05) is 0 Å². The minimum atomic E-state index is -1.80. The van der Waals surface area contributed by atoms with Gasteiger partial charge in [-0.15, -0.1) is 0 Å². The number of aromatic amines is 1. The lowest BCUT2D eigenvalue weighted by atomic mass is 10.0. The van der Waals surface area contributed by atoms with Crippen molar-refractivity contribution in [1.29, 1.82) is 0 Å². The molecule has 0 unspecified atom stereocenters. The summed E-state index contributed by atoms with van der Waals surface area (Å²) in [5, 5.41) is 2.22. The fraction of sp³-hybridized carbons (Fsp3) is 0.0588. The highest BCUT2D eigenvalue weighted by molar-refractivity contribution is 6.09. The molecule has 0 amide bonds. The Hall–Kier alpha value is -3.23. The fourth-order valence-corrected chi connectivity index (χ4v) is 2.47. The van der Waals surface area contributed by atoms with Crippen LogP contribution in [-0.2, 0) is 0 Å². The van der Waals surface area contributed by atoms with Crippen LogP contribution in [0.15, 0.2) is 35.1 Å². The van der Waals surface area contributed by atoms with Gasteiger partial charge in [0.25, 0.3) is 5.56 Å². The summed E-state index contributed by atoms with van der Waals surface area (Å²) >= 11 is 0. The van der Waals surface area contributed by atoms with Crippen LogP contribution in [0.1, 0.15) is 21.6 Å². The first-order valence-electron chi connectivity index (χ1n) is 7.17. The number of aromatic nitrogens is 2. The van der Waals surface area contributed by atoms with Crippen molar-refractivity contribution in [2.45, 2.75) is 6.92 Å². The van der Waals surface area contributed by atoms with Gasteiger partial charge in [0.05, 0.1) is 0 Å². The van der Waals surface area contributed by atoms with E-state index in [1.54, 1.807) is 0 Å². The zero-order valence-electron chi connectivity index (χ0n) is 13.0. The molecular formula is C17H9F5N2O2. The molecule has 0 fully saturated rings. The van der Waals surface area contributed by atoms with E-state index in [9.17, 15) is 31.5 Å². The van der Waals surface area contributed by atoms with Crippen molar-refractivity contribution < 1.29 is 26.7 Å². The van der Waals surface area contributed by atoms with Crippen LogP contribution in [0.2, 0.25) is 0 Å². The van der Waals surface area contributed by atoms with Crippen molar-refractivity contribution in [2.24, 2.45) is 0 Å². The Kier molecular flexibility index (Phi) is 4.23. The Bertz CT molecular complexity index is 1060. The average molecular weight is 368 g/mol. The third-order valence-electron chi connectivity index (χ3n) is 3.72. The van der Waals surface area contributed by atoms with Gasteiger partial charge in [-0.1, -0.05) is 0 Å². The third-order valence-corrected chi connectivity index (χ3v) is 3.72. The molecule has 0 spiro atoms. The first kappa shape index (κ1) is 17.6. The lowest BCUT2D eigenvalue weighted by molar-refractivity contribution is 0.103. The molecule has 4 nitrogen and oxygen atoms in total. The summed E-state index contributed by atoms with van der Waals surface area (Å²) in [6.45, 7) is 1.26. The monoisotopic (exact) mass is 368 g/mol. The van der Waals surface area contributed by atoms with Gasteiger partial charge in [0.1, 0.15) is 17.1 Å². The molecule has 26 heavy (non-hydrogen) atoms. The molecule has 0 atom stereocenters. The number of rotatable bonds is 3. The highest BCUT2D eigenvalue weighted by Gasteiger charge is 2.27. The van der Waals surface area contributed by atoms with Crippen molar-refractivity contribution >= 4 is 5.78 Å². The van der Waals surface area contributed by atoms with Crippen LogP contribution < -0.4 is 5.56 Å². The number of carbonyl (C=O) groups is 1. The van der Waals surface area contributed by atoms with Crippen molar-refractivity contribution in [1.82, 2.24) is 9.78 Å². The normalized spacial score (nSPS) is 11.0. The van der Waals surface area contributed by atoms with Crippen LogP contribution in [-0.4, -0.2) is 15.6 Å². The van der Waals surface area contributed by atoms with Crippen LogP contribution in [0.4, 0.5) is 22.0 Å². The quantitative estimate of drug-likeness (QED) is 0.438. The van der Waals surface area contributed by atoms with E-state index in [0.29, 0.717) is 0 Å². The van der Waals surface area contributed by atoms with Crippen LogP contribution in [0, 0.1) is 36.0 Å². The second-order valence-corrected chi connectivity index (χ2v) is 5.41. The minimum Gasteiger partial charge on any atom is -0.294 e. The summed E-state index contributed by atoms with van der Waals surface area (Å²) in [4.78, 5) is 24.9. The Balaban J connectivity index is 2.21. The molecule has 2 aromatic carbocycles. The summed E-state index contributed by atoms with van der Waals surface area (Å²) in [5.41, 5.74) is -3.16. The van der Waals surface area contributed by atoms with Crippen LogP contribution in [0.5, 0.6) is 0 Å². The lowest BCUT2D eigenvalue weighted by Gasteiger charge is -2.06. The van der Waals surface area contributed by atoms with Gasteiger partial charge in [0.15, 0.2) is 29.1 Å². The summed E-state index contributed by atoms with van der Waals surface area (Å²) in [6, 6.07) is 4.23. The number of H-pyrrole nitrogens is 1. The second-order valence-electron chi connectivity index (χ2n) is 5.41. The topological polar surface area (TPSA) is 54.9 Å². The summed E-state index contributed by atoms with van der Waals surface area (Å²) < 4.78 is 67.8. The highest BCUT2D eigenvalue weighted by Crippen LogP contribution is 2.22. The maximum Gasteiger partial charge on any atom is 0.282 e. The number of ketones is 1. The Morgan fingerprint density at radius 2 is 1.50 bits per heavy atom. The molecule has 3 rings (SSSR count).